The molecule has 0 atom stereocenters. The van der Waals surface area contributed by atoms with Crippen molar-refractivity contribution >= 4 is 35.3 Å². The zero-order chi connectivity index (χ0) is 18.4. The predicted octanol–water partition coefficient (Wildman–Crippen LogP) is 1.60. The van der Waals surface area contributed by atoms with E-state index in [1.54, 1.807) is 9.80 Å². The molecule has 1 aromatic rings. The number of amides is 2. The first-order valence-electron chi connectivity index (χ1n) is 8.80. The van der Waals surface area contributed by atoms with Crippen molar-refractivity contribution in [2.75, 3.05) is 50.9 Å². The predicted molar refractivity (Wildman–Crippen MR) is 104 cm³/mol. The third-order valence-electron chi connectivity index (χ3n) is 4.46. The number of piperazine rings is 1. The van der Waals surface area contributed by atoms with Crippen LogP contribution in [0.25, 0.3) is 0 Å². The van der Waals surface area contributed by atoms with Crippen LogP contribution >= 0.6 is 23.5 Å². The minimum absolute atomic E-state index is 0.000220. The van der Waals surface area contributed by atoms with Crippen LogP contribution in [0.3, 0.4) is 0 Å². The maximum absolute atomic E-state index is 12.3. The maximum atomic E-state index is 12.3. The molecule has 0 radical (unpaired) electrons. The molecule has 142 valence electrons. The average Bonchev–Trinajstić information content (AvgIpc) is 2.72. The first kappa shape index (κ1) is 19.4. The van der Waals surface area contributed by atoms with Gasteiger partial charge in [-0.3, -0.25) is 9.59 Å². The van der Waals surface area contributed by atoms with Crippen molar-refractivity contribution in [1.82, 2.24) is 9.80 Å². The van der Waals surface area contributed by atoms with Gasteiger partial charge in [-0.15, -0.1) is 23.5 Å². The molecule has 8 heteroatoms. The Morgan fingerprint density at radius 1 is 1.00 bits per heavy atom. The number of ether oxygens (including phenoxy) is 1. The van der Waals surface area contributed by atoms with Gasteiger partial charge in [-0.25, -0.2) is 0 Å². The molecule has 2 aliphatic heterocycles. The lowest BCUT2D eigenvalue weighted by Crippen LogP contribution is -2.52. The van der Waals surface area contributed by atoms with E-state index in [9.17, 15) is 9.59 Å². The highest BCUT2D eigenvalue weighted by molar-refractivity contribution is 8.16. The van der Waals surface area contributed by atoms with Gasteiger partial charge in [-0.1, -0.05) is 12.1 Å². The zero-order valence-corrected chi connectivity index (χ0v) is 16.3. The number of rotatable bonds is 5. The van der Waals surface area contributed by atoms with E-state index in [-0.39, 0.29) is 18.4 Å². The quantitative estimate of drug-likeness (QED) is 0.815. The standard InChI is InChI=1S/C18H24N2O4S2/c21-12-16(22)19-6-8-20(9-7-19)17(23)13-24-15-4-2-14(3-5-15)18-25-10-1-11-26-18/h2-5,18,21H,1,6-13H2. The molecule has 2 amide bonds. The lowest BCUT2D eigenvalue weighted by atomic mass is 10.2. The first-order chi connectivity index (χ1) is 12.7. The Kier molecular flexibility index (Phi) is 7.10. The summed E-state index contributed by atoms with van der Waals surface area (Å²) in [5, 5.41) is 8.88. The molecule has 0 bridgehead atoms. The molecule has 6 nitrogen and oxygen atoms in total. The summed E-state index contributed by atoms with van der Waals surface area (Å²) in [4.78, 5) is 27.0. The number of aliphatic hydroxyl groups is 1. The minimum atomic E-state index is -0.481. The highest BCUT2D eigenvalue weighted by Crippen LogP contribution is 2.43. The second-order valence-corrected chi connectivity index (χ2v) is 8.93. The number of carbonyl (C=O) groups excluding carboxylic acids is 2. The second kappa shape index (κ2) is 9.53. The molecule has 0 saturated carbocycles. The first-order valence-corrected chi connectivity index (χ1v) is 10.9. The largest absolute Gasteiger partial charge is 0.484 e. The van der Waals surface area contributed by atoms with Crippen LogP contribution in [0.4, 0.5) is 0 Å². The Morgan fingerprint density at radius 2 is 1.58 bits per heavy atom. The van der Waals surface area contributed by atoms with Crippen molar-refractivity contribution in [3.05, 3.63) is 29.8 Å². The van der Waals surface area contributed by atoms with E-state index in [4.69, 9.17) is 9.84 Å². The Hall–Kier alpha value is -1.38. The summed E-state index contributed by atoms with van der Waals surface area (Å²) in [7, 11) is 0. The molecular weight excluding hydrogens is 372 g/mol. The Labute approximate surface area is 162 Å². The third kappa shape index (κ3) is 5.08. The van der Waals surface area contributed by atoms with Crippen LogP contribution in [-0.2, 0) is 9.59 Å². The van der Waals surface area contributed by atoms with Gasteiger partial charge >= 0.3 is 0 Å². The van der Waals surface area contributed by atoms with Crippen LogP contribution in [0.1, 0.15) is 16.6 Å². The van der Waals surface area contributed by atoms with Crippen molar-refractivity contribution in [2.45, 2.75) is 11.0 Å². The van der Waals surface area contributed by atoms with Crippen LogP contribution in [0, 0.1) is 0 Å². The molecule has 0 aliphatic carbocycles. The van der Waals surface area contributed by atoms with Gasteiger partial charge in [0.2, 0.25) is 5.91 Å². The highest BCUT2D eigenvalue weighted by atomic mass is 32.2. The number of nitrogens with zero attached hydrogens (tertiary/aromatic N) is 2. The average molecular weight is 397 g/mol. The number of thioether (sulfide) groups is 2. The van der Waals surface area contributed by atoms with E-state index in [1.165, 1.54) is 23.5 Å². The molecular formula is C18H24N2O4S2. The summed E-state index contributed by atoms with van der Waals surface area (Å²) < 4.78 is 6.13. The molecule has 0 spiro atoms. The number of hydrogen-bond acceptors (Lipinski definition) is 6. The smallest absolute Gasteiger partial charge is 0.260 e. The van der Waals surface area contributed by atoms with Gasteiger partial charge in [0.15, 0.2) is 6.61 Å². The lowest BCUT2D eigenvalue weighted by Gasteiger charge is -2.34. The fourth-order valence-corrected chi connectivity index (χ4v) is 5.84. The lowest BCUT2D eigenvalue weighted by molar-refractivity contribution is -0.142. The fourth-order valence-electron chi connectivity index (χ4n) is 2.94. The van der Waals surface area contributed by atoms with Gasteiger partial charge < -0.3 is 19.6 Å². The van der Waals surface area contributed by atoms with E-state index in [0.717, 1.165) is 0 Å². The third-order valence-corrected chi connectivity index (χ3v) is 7.48. The highest BCUT2D eigenvalue weighted by Gasteiger charge is 2.24. The van der Waals surface area contributed by atoms with Gasteiger partial charge in [-0.05, 0) is 35.6 Å². The summed E-state index contributed by atoms with van der Waals surface area (Å²) in [6, 6.07) is 8.01. The molecule has 2 heterocycles. The summed E-state index contributed by atoms with van der Waals surface area (Å²) in [6.07, 6.45) is 1.28. The van der Waals surface area contributed by atoms with Crippen molar-refractivity contribution in [3.8, 4) is 5.75 Å². The molecule has 2 aliphatic rings. The van der Waals surface area contributed by atoms with Crippen LogP contribution in [0.15, 0.2) is 24.3 Å². The van der Waals surface area contributed by atoms with Gasteiger partial charge in [0.1, 0.15) is 12.4 Å². The van der Waals surface area contributed by atoms with Crippen LogP contribution in [0.5, 0.6) is 5.75 Å². The molecule has 2 saturated heterocycles. The molecule has 3 rings (SSSR count). The SMILES string of the molecule is O=C(CO)N1CCN(C(=O)COc2ccc(C3SCCCS3)cc2)CC1. The number of carbonyl (C=O) groups is 2. The minimum Gasteiger partial charge on any atom is -0.484 e. The topological polar surface area (TPSA) is 70.1 Å². The van der Waals surface area contributed by atoms with Crippen LogP contribution in [-0.4, -0.2) is 77.6 Å². The summed E-state index contributed by atoms with van der Waals surface area (Å²) >= 11 is 3.96. The molecule has 0 aromatic heterocycles. The Balaban J connectivity index is 1.44. The summed E-state index contributed by atoms with van der Waals surface area (Å²) in [6.45, 7) is 1.38. The summed E-state index contributed by atoms with van der Waals surface area (Å²) in [5.41, 5.74) is 1.29. The van der Waals surface area contributed by atoms with E-state index >= 15 is 0 Å². The summed E-state index contributed by atoms with van der Waals surface area (Å²) in [5.74, 6) is 2.75. The van der Waals surface area contributed by atoms with E-state index < -0.39 is 6.61 Å². The maximum Gasteiger partial charge on any atom is 0.260 e. The van der Waals surface area contributed by atoms with Crippen molar-refractivity contribution in [1.29, 1.82) is 0 Å². The van der Waals surface area contributed by atoms with Gasteiger partial charge in [-0.2, -0.15) is 0 Å². The van der Waals surface area contributed by atoms with Gasteiger partial charge in [0, 0.05) is 26.2 Å². The monoisotopic (exact) mass is 396 g/mol. The van der Waals surface area contributed by atoms with Crippen molar-refractivity contribution < 1.29 is 19.4 Å². The second-order valence-electron chi connectivity index (χ2n) is 6.20. The van der Waals surface area contributed by atoms with E-state index in [0.29, 0.717) is 36.5 Å². The van der Waals surface area contributed by atoms with E-state index in [2.05, 4.69) is 12.1 Å². The normalized spacial score (nSPS) is 18.7. The molecule has 0 unspecified atom stereocenters. The number of hydrogen-bond donors (Lipinski definition) is 1. The fraction of sp³-hybridized carbons (Fsp3) is 0.556. The van der Waals surface area contributed by atoms with Gasteiger partial charge in [0.25, 0.3) is 5.91 Å². The molecule has 1 aromatic carbocycles. The molecule has 2 fully saturated rings. The number of benzene rings is 1. The van der Waals surface area contributed by atoms with Crippen LogP contribution in [0.2, 0.25) is 0 Å². The van der Waals surface area contributed by atoms with Crippen molar-refractivity contribution in [3.63, 3.8) is 0 Å². The molecule has 26 heavy (non-hydrogen) atoms. The Bertz CT molecular complexity index is 612. The van der Waals surface area contributed by atoms with E-state index in [1.807, 2.05) is 35.7 Å². The van der Waals surface area contributed by atoms with Gasteiger partial charge in [0.05, 0.1) is 4.58 Å². The number of aliphatic hydroxyl groups excluding tert-OH is 1. The zero-order valence-electron chi connectivity index (χ0n) is 14.6. The van der Waals surface area contributed by atoms with Crippen LogP contribution < -0.4 is 4.74 Å². The molecule has 1 N–H and O–H groups in total. The van der Waals surface area contributed by atoms with Crippen molar-refractivity contribution in [2.24, 2.45) is 0 Å². The Morgan fingerprint density at radius 3 is 2.15 bits per heavy atom.